The van der Waals surface area contributed by atoms with Gasteiger partial charge in [-0.25, -0.2) is 9.07 Å². The molecule has 5 nitrogen and oxygen atoms in total. The van der Waals surface area contributed by atoms with Crippen molar-refractivity contribution in [2.75, 3.05) is 6.61 Å². The Labute approximate surface area is 127 Å². The average molecular weight is 311 g/mol. The maximum absolute atomic E-state index is 13.0. The van der Waals surface area contributed by atoms with E-state index in [9.17, 15) is 4.39 Å². The maximum atomic E-state index is 13.0. The number of rotatable bonds is 7. The van der Waals surface area contributed by atoms with Gasteiger partial charge in [-0.05, 0) is 25.0 Å². The molecule has 0 atom stereocenters. The first-order valence-corrected chi connectivity index (χ1v) is 7.29. The maximum Gasteiger partial charge on any atom is 0.142 e. The van der Waals surface area contributed by atoms with Crippen LogP contribution >= 0.6 is 11.6 Å². The molecule has 1 aromatic heterocycles. The normalized spacial score (nSPS) is 14.4. The Morgan fingerprint density at radius 1 is 1.43 bits per heavy atom. The number of halogens is 2. The molecule has 0 spiro atoms. The van der Waals surface area contributed by atoms with Gasteiger partial charge >= 0.3 is 0 Å². The van der Waals surface area contributed by atoms with E-state index in [4.69, 9.17) is 16.3 Å². The molecule has 112 valence electrons. The molecule has 7 heteroatoms. The van der Waals surface area contributed by atoms with Crippen molar-refractivity contribution in [3.05, 3.63) is 40.9 Å². The van der Waals surface area contributed by atoms with Crippen molar-refractivity contribution in [3.63, 3.8) is 0 Å². The number of ether oxygens (including phenoxy) is 1. The van der Waals surface area contributed by atoms with Gasteiger partial charge in [-0.2, -0.15) is 0 Å². The molecule has 1 aromatic carbocycles. The first kappa shape index (κ1) is 14.3. The Balaban J connectivity index is 1.44. The van der Waals surface area contributed by atoms with E-state index < -0.39 is 5.82 Å². The smallest absolute Gasteiger partial charge is 0.142 e. The van der Waals surface area contributed by atoms with Crippen LogP contribution in [0.3, 0.4) is 0 Å². The lowest BCUT2D eigenvalue weighted by Crippen LogP contribution is -2.15. The van der Waals surface area contributed by atoms with Gasteiger partial charge in [0.25, 0.3) is 0 Å². The zero-order valence-electron chi connectivity index (χ0n) is 11.4. The molecule has 0 radical (unpaired) electrons. The standard InChI is InChI=1S/C14H16ClFN4O/c15-13-7-12(3-4-14(13)16)21-6-5-20-9-11(18-19-20)8-17-10-1-2-10/h3-4,7,9-10,17H,1-2,5-6,8H2. The monoisotopic (exact) mass is 310 g/mol. The highest BCUT2D eigenvalue weighted by Gasteiger charge is 2.20. The molecular formula is C14H16ClFN4O. The van der Waals surface area contributed by atoms with E-state index in [1.807, 2.05) is 6.20 Å². The molecule has 1 aliphatic carbocycles. The molecule has 0 bridgehead atoms. The van der Waals surface area contributed by atoms with Crippen molar-refractivity contribution in [1.29, 1.82) is 0 Å². The largest absolute Gasteiger partial charge is 0.492 e. The van der Waals surface area contributed by atoms with Crippen LogP contribution in [-0.4, -0.2) is 27.6 Å². The van der Waals surface area contributed by atoms with Gasteiger partial charge in [0.05, 0.1) is 17.3 Å². The molecule has 0 aliphatic heterocycles. The minimum absolute atomic E-state index is 0.0571. The fraction of sp³-hybridized carbons (Fsp3) is 0.429. The Morgan fingerprint density at radius 2 is 2.29 bits per heavy atom. The SMILES string of the molecule is Fc1ccc(OCCn2cc(CNC3CC3)nn2)cc1Cl. The highest BCUT2D eigenvalue weighted by Crippen LogP contribution is 2.21. The van der Waals surface area contributed by atoms with Crippen LogP contribution in [0, 0.1) is 5.82 Å². The second-order valence-corrected chi connectivity index (χ2v) is 5.46. The van der Waals surface area contributed by atoms with Gasteiger partial charge in [0.15, 0.2) is 0 Å². The molecule has 1 heterocycles. The van der Waals surface area contributed by atoms with Crippen molar-refractivity contribution in [2.24, 2.45) is 0 Å². The molecule has 1 N–H and O–H groups in total. The van der Waals surface area contributed by atoms with Gasteiger partial charge in [0.2, 0.25) is 0 Å². The number of benzene rings is 1. The third-order valence-corrected chi connectivity index (χ3v) is 3.51. The first-order valence-electron chi connectivity index (χ1n) is 6.91. The van der Waals surface area contributed by atoms with Gasteiger partial charge < -0.3 is 10.1 Å². The average Bonchev–Trinajstić information content (AvgIpc) is 3.20. The predicted molar refractivity (Wildman–Crippen MR) is 76.8 cm³/mol. The minimum atomic E-state index is -0.451. The summed E-state index contributed by atoms with van der Waals surface area (Å²) in [6.07, 6.45) is 4.40. The van der Waals surface area contributed by atoms with E-state index in [-0.39, 0.29) is 5.02 Å². The second-order valence-electron chi connectivity index (χ2n) is 5.05. The van der Waals surface area contributed by atoms with Crippen molar-refractivity contribution in [2.45, 2.75) is 32.0 Å². The molecule has 21 heavy (non-hydrogen) atoms. The summed E-state index contributed by atoms with van der Waals surface area (Å²) in [7, 11) is 0. The molecule has 1 saturated carbocycles. The lowest BCUT2D eigenvalue weighted by molar-refractivity contribution is 0.289. The van der Waals surface area contributed by atoms with Crippen LogP contribution in [0.25, 0.3) is 0 Å². The van der Waals surface area contributed by atoms with E-state index in [2.05, 4.69) is 15.6 Å². The zero-order valence-corrected chi connectivity index (χ0v) is 12.2. The van der Waals surface area contributed by atoms with Crippen LogP contribution in [0.15, 0.2) is 24.4 Å². The quantitative estimate of drug-likeness (QED) is 0.853. The Kier molecular flexibility index (Phi) is 4.36. The molecule has 2 aromatic rings. The molecule has 3 rings (SSSR count). The van der Waals surface area contributed by atoms with Crippen molar-refractivity contribution < 1.29 is 9.13 Å². The molecule has 0 saturated heterocycles. The Hall–Kier alpha value is -1.66. The van der Waals surface area contributed by atoms with E-state index in [1.54, 1.807) is 10.7 Å². The highest BCUT2D eigenvalue weighted by molar-refractivity contribution is 6.30. The Morgan fingerprint density at radius 3 is 3.05 bits per heavy atom. The predicted octanol–water partition coefficient (Wildman–Crippen LogP) is 2.40. The van der Waals surface area contributed by atoms with E-state index in [0.717, 1.165) is 12.2 Å². The fourth-order valence-electron chi connectivity index (χ4n) is 1.89. The number of hydrogen-bond donors (Lipinski definition) is 1. The zero-order chi connectivity index (χ0) is 14.7. The summed E-state index contributed by atoms with van der Waals surface area (Å²) < 4.78 is 20.2. The van der Waals surface area contributed by atoms with Gasteiger partial charge in [-0.1, -0.05) is 16.8 Å². The summed E-state index contributed by atoms with van der Waals surface area (Å²) in [5, 5.41) is 11.6. The van der Waals surface area contributed by atoms with Crippen LogP contribution in [0.2, 0.25) is 5.02 Å². The second kappa shape index (κ2) is 6.41. The number of nitrogens with one attached hydrogen (secondary N) is 1. The van der Waals surface area contributed by atoms with Crippen LogP contribution in [0.4, 0.5) is 4.39 Å². The topological polar surface area (TPSA) is 52.0 Å². The molecular weight excluding hydrogens is 295 g/mol. The fourth-order valence-corrected chi connectivity index (χ4v) is 2.06. The van der Waals surface area contributed by atoms with E-state index >= 15 is 0 Å². The first-order chi connectivity index (χ1) is 10.2. The van der Waals surface area contributed by atoms with Crippen molar-refractivity contribution in [3.8, 4) is 5.75 Å². The number of aromatic nitrogens is 3. The lowest BCUT2D eigenvalue weighted by Gasteiger charge is -2.06. The van der Waals surface area contributed by atoms with E-state index in [1.165, 1.54) is 25.0 Å². The molecule has 1 fully saturated rings. The summed E-state index contributed by atoms with van der Waals surface area (Å²) in [5.41, 5.74) is 0.923. The summed E-state index contributed by atoms with van der Waals surface area (Å²) in [6.45, 7) is 1.74. The lowest BCUT2D eigenvalue weighted by atomic mass is 10.3. The van der Waals surface area contributed by atoms with Gasteiger partial charge in [0, 0.05) is 24.8 Å². The van der Waals surface area contributed by atoms with Gasteiger partial charge in [0.1, 0.15) is 18.2 Å². The van der Waals surface area contributed by atoms with E-state index in [0.29, 0.717) is 24.9 Å². The third kappa shape index (κ3) is 4.15. The van der Waals surface area contributed by atoms with Gasteiger partial charge in [-0.3, -0.25) is 0 Å². The molecule has 0 amide bonds. The summed E-state index contributed by atoms with van der Waals surface area (Å²) in [4.78, 5) is 0. The Bertz CT molecular complexity index is 615. The molecule has 1 aliphatic rings. The highest BCUT2D eigenvalue weighted by atomic mass is 35.5. The van der Waals surface area contributed by atoms with Crippen LogP contribution in [0.1, 0.15) is 18.5 Å². The third-order valence-electron chi connectivity index (χ3n) is 3.22. The van der Waals surface area contributed by atoms with Gasteiger partial charge in [-0.15, -0.1) is 5.10 Å². The summed E-state index contributed by atoms with van der Waals surface area (Å²) in [6, 6.07) is 4.95. The van der Waals surface area contributed by atoms with Crippen molar-refractivity contribution in [1.82, 2.24) is 20.3 Å². The molecule has 0 unspecified atom stereocenters. The minimum Gasteiger partial charge on any atom is -0.492 e. The summed E-state index contributed by atoms with van der Waals surface area (Å²) >= 11 is 5.69. The number of hydrogen-bond acceptors (Lipinski definition) is 4. The number of nitrogens with zero attached hydrogens (tertiary/aromatic N) is 3. The van der Waals surface area contributed by atoms with Crippen LogP contribution in [-0.2, 0) is 13.1 Å². The van der Waals surface area contributed by atoms with Crippen LogP contribution in [0.5, 0.6) is 5.75 Å². The summed E-state index contributed by atoms with van der Waals surface area (Å²) in [5.74, 6) is 0.0882. The van der Waals surface area contributed by atoms with Crippen molar-refractivity contribution >= 4 is 11.6 Å². The van der Waals surface area contributed by atoms with Crippen LogP contribution < -0.4 is 10.1 Å².